The summed E-state index contributed by atoms with van der Waals surface area (Å²) < 4.78 is 0. The number of benzene rings is 1. The molecule has 0 aliphatic carbocycles. The highest BCUT2D eigenvalue weighted by Crippen LogP contribution is 2.27. The first-order valence-electron chi connectivity index (χ1n) is 7.99. The van der Waals surface area contributed by atoms with Crippen LogP contribution < -0.4 is 10.6 Å². The summed E-state index contributed by atoms with van der Waals surface area (Å²) in [6.07, 6.45) is 2.52. The Morgan fingerprint density at radius 2 is 2.00 bits per heavy atom. The zero-order valence-electron chi connectivity index (χ0n) is 13.8. The second-order valence-corrected chi connectivity index (χ2v) is 6.84. The van der Waals surface area contributed by atoms with E-state index in [4.69, 9.17) is 0 Å². The van der Waals surface area contributed by atoms with Gasteiger partial charge in [0, 0.05) is 23.5 Å². The summed E-state index contributed by atoms with van der Waals surface area (Å²) in [5.41, 5.74) is 1.78. The lowest BCUT2D eigenvalue weighted by atomic mass is 10.1. The fourth-order valence-electron chi connectivity index (χ4n) is 2.42. The van der Waals surface area contributed by atoms with Gasteiger partial charge in [0.25, 0.3) is 5.91 Å². The van der Waals surface area contributed by atoms with E-state index in [-0.39, 0.29) is 5.91 Å². The van der Waals surface area contributed by atoms with Gasteiger partial charge in [-0.3, -0.25) is 4.79 Å². The predicted octanol–water partition coefficient (Wildman–Crippen LogP) is 3.75. The lowest BCUT2D eigenvalue weighted by molar-refractivity contribution is 0.0953. The molecule has 0 atom stereocenters. The van der Waals surface area contributed by atoms with Crippen LogP contribution in [-0.2, 0) is 6.54 Å². The number of carbonyl (C=O) groups is 1. The van der Waals surface area contributed by atoms with E-state index < -0.39 is 0 Å². The lowest BCUT2D eigenvalue weighted by Crippen LogP contribution is -2.23. The third-order valence-corrected chi connectivity index (χ3v) is 4.62. The number of aryl methyl sites for hydroxylation is 1. The summed E-state index contributed by atoms with van der Waals surface area (Å²) in [5.74, 6) is 0.816. The predicted molar refractivity (Wildman–Crippen MR) is 98.5 cm³/mol. The number of anilines is 1. The number of thiophene rings is 1. The molecular formula is C18H20N4OS. The van der Waals surface area contributed by atoms with Crippen molar-refractivity contribution in [3.05, 3.63) is 52.7 Å². The van der Waals surface area contributed by atoms with E-state index in [2.05, 4.69) is 33.6 Å². The molecular weight excluding hydrogens is 320 g/mol. The molecule has 2 N–H and O–H groups in total. The maximum atomic E-state index is 11.9. The van der Waals surface area contributed by atoms with Crippen LogP contribution in [-0.4, -0.2) is 22.4 Å². The van der Waals surface area contributed by atoms with Gasteiger partial charge in [-0.1, -0.05) is 19.1 Å². The molecule has 2 aromatic heterocycles. The van der Waals surface area contributed by atoms with Gasteiger partial charge in [0.05, 0.1) is 5.39 Å². The quantitative estimate of drug-likeness (QED) is 0.717. The molecule has 0 unspecified atom stereocenters. The number of hydrogen-bond acceptors (Lipinski definition) is 5. The molecule has 3 rings (SSSR count). The molecule has 0 fully saturated rings. The van der Waals surface area contributed by atoms with Crippen LogP contribution in [0.2, 0.25) is 0 Å². The Kier molecular flexibility index (Phi) is 5.05. The van der Waals surface area contributed by atoms with Crippen LogP contribution in [0, 0.1) is 6.92 Å². The largest absolute Gasteiger partial charge is 0.365 e. The summed E-state index contributed by atoms with van der Waals surface area (Å²) >= 11 is 1.66. The van der Waals surface area contributed by atoms with Gasteiger partial charge in [0.2, 0.25) is 0 Å². The van der Waals surface area contributed by atoms with E-state index in [0.717, 1.165) is 28.0 Å². The maximum absolute atomic E-state index is 11.9. The van der Waals surface area contributed by atoms with Crippen LogP contribution in [0.25, 0.3) is 10.2 Å². The fourth-order valence-corrected chi connectivity index (χ4v) is 3.26. The summed E-state index contributed by atoms with van der Waals surface area (Å²) in [6.45, 7) is 5.45. The number of carbonyl (C=O) groups excluding carboxylic acids is 1. The second kappa shape index (κ2) is 7.40. The molecule has 1 aromatic carbocycles. The number of fused-ring (bicyclic) bond motifs is 1. The minimum absolute atomic E-state index is 0.0254. The van der Waals surface area contributed by atoms with Crippen molar-refractivity contribution >= 4 is 33.3 Å². The highest BCUT2D eigenvalue weighted by Gasteiger charge is 2.07. The number of amides is 1. The molecule has 0 bridgehead atoms. The maximum Gasteiger partial charge on any atom is 0.251 e. The van der Waals surface area contributed by atoms with Crippen molar-refractivity contribution in [1.82, 2.24) is 15.3 Å². The van der Waals surface area contributed by atoms with Gasteiger partial charge >= 0.3 is 0 Å². The van der Waals surface area contributed by atoms with Gasteiger partial charge in [-0.15, -0.1) is 11.3 Å². The molecule has 0 saturated heterocycles. The first-order chi connectivity index (χ1) is 11.7. The van der Waals surface area contributed by atoms with Crippen molar-refractivity contribution < 1.29 is 4.79 Å². The highest BCUT2D eigenvalue weighted by atomic mass is 32.1. The van der Waals surface area contributed by atoms with Gasteiger partial charge in [-0.05, 0) is 37.1 Å². The van der Waals surface area contributed by atoms with Gasteiger partial charge in [0.1, 0.15) is 17.0 Å². The van der Waals surface area contributed by atoms with E-state index in [1.165, 1.54) is 4.88 Å². The van der Waals surface area contributed by atoms with Gasteiger partial charge < -0.3 is 10.6 Å². The molecule has 5 nitrogen and oxygen atoms in total. The van der Waals surface area contributed by atoms with Crippen LogP contribution in [0.5, 0.6) is 0 Å². The normalized spacial score (nSPS) is 10.8. The van der Waals surface area contributed by atoms with Crippen molar-refractivity contribution in [2.24, 2.45) is 0 Å². The number of aromatic nitrogens is 2. The average Bonchev–Trinajstić information content (AvgIpc) is 2.99. The highest BCUT2D eigenvalue weighted by molar-refractivity contribution is 7.18. The number of nitrogens with one attached hydrogen (secondary N) is 2. The van der Waals surface area contributed by atoms with E-state index in [9.17, 15) is 4.79 Å². The summed E-state index contributed by atoms with van der Waals surface area (Å²) in [7, 11) is 0. The van der Waals surface area contributed by atoms with Crippen LogP contribution in [0.4, 0.5) is 5.82 Å². The molecule has 0 aliphatic heterocycles. The van der Waals surface area contributed by atoms with Crippen molar-refractivity contribution in [3.63, 3.8) is 0 Å². The number of rotatable bonds is 6. The topological polar surface area (TPSA) is 66.9 Å². The Morgan fingerprint density at radius 1 is 1.21 bits per heavy atom. The van der Waals surface area contributed by atoms with Crippen LogP contribution in [0.1, 0.15) is 34.1 Å². The zero-order chi connectivity index (χ0) is 16.9. The molecule has 1 amide bonds. The van der Waals surface area contributed by atoms with E-state index in [1.807, 2.05) is 31.2 Å². The van der Waals surface area contributed by atoms with E-state index in [1.54, 1.807) is 17.7 Å². The first kappa shape index (κ1) is 16.4. The lowest BCUT2D eigenvalue weighted by Gasteiger charge is -2.08. The first-order valence-corrected chi connectivity index (χ1v) is 8.81. The van der Waals surface area contributed by atoms with Gasteiger partial charge in [0.15, 0.2) is 0 Å². The average molecular weight is 340 g/mol. The molecule has 0 saturated carbocycles. The number of hydrogen-bond donors (Lipinski definition) is 2. The Morgan fingerprint density at radius 3 is 2.75 bits per heavy atom. The second-order valence-electron chi connectivity index (χ2n) is 5.60. The molecule has 3 aromatic rings. The minimum atomic E-state index is -0.0254. The zero-order valence-corrected chi connectivity index (χ0v) is 14.6. The Balaban J connectivity index is 1.67. The van der Waals surface area contributed by atoms with Crippen LogP contribution in [0.15, 0.2) is 36.7 Å². The monoisotopic (exact) mass is 340 g/mol. The molecule has 24 heavy (non-hydrogen) atoms. The molecule has 0 aliphatic rings. The smallest absolute Gasteiger partial charge is 0.251 e. The Bertz CT molecular complexity index is 842. The molecule has 6 heteroatoms. The van der Waals surface area contributed by atoms with E-state index >= 15 is 0 Å². The molecule has 2 heterocycles. The minimum Gasteiger partial charge on any atom is -0.365 e. The molecule has 124 valence electrons. The van der Waals surface area contributed by atoms with E-state index in [0.29, 0.717) is 18.7 Å². The number of nitrogens with zero attached hydrogens (tertiary/aromatic N) is 2. The fraction of sp³-hybridized carbons (Fsp3) is 0.278. The Labute approximate surface area is 145 Å². The van der Waals surface area contributed by atoms with Crippen LogP contribution in [0.3, 0.4) is 0 Å². The van der Waals surface area contributed by atoms with Crippen molar-refractivity contribution in [2.45, 2.75) is 26.8 Å². The molecule has 0 radical (unpaired) electrons. The SMILES string of the molecule is CCCNC(=O)c1ccc(CNc2ncnc3sc(C)cc23)cc1. The summed E-state index contributed by atoms with van der Waals surface area (Å²) in [4.78, 5) is 22.7. The molecule has 0 spiro atoms. The van der Waals surface area contributed by atoms with Crippen LogP contribution >= 0.6 is 11.3 Å². The third kappa shape index (κ3) is 3.71. The van der Waals surface area contributed by atoms with Crippen molar-refractivity contribution in [3.8, 4) is 0 Å². The summed E-state index contributed by atoms with van der Waals surface area (Å²) in [6, 6.07) is 9.73. The van der Waals surface area contributed by atoms with Crippen molar-refractivity contribution in [2.75, 3.05) is 11.9 Å². The summed E-state index contributed by atoms with van der Waals surface area (Å²) in [5, 5.41) is 7.28. The van der Waals surface area contributed by atoms with Crippen molar-refractivity contribution in [1.29, 1.82) is 0 Å². The third-order valence-electron chi connectivity index (χ3n) is 3.66. The van der Waals surface area contributed by atoms with Gasteiger partial charge in [-0.2, -0.15) is 0 Å². The van der Waals surface area contributed by atoms with Gasteiger partial charge in [-0.25, -0.2) is 9.97 Å². The Hall–Kier alpha value is -2.47. The standard InChI is InChI=1S/C18H20N4OS/c1-3-8-19-17(23)14-6-4-13(5-7-14)10-20-16-15-9-12(2)24-18(15)22-11-21-16/h4-7,9,11H,3,8,10H2,1-2H3,(H,19,23)(H,20,21,22).